The first-order valence-corrected chi connectivity index (χ1v) is 8.57. The van der Waals surface area contributed by atoms with Crippen LogP contribution in [0.15, 0.2) is 30.3 Å². The van der Waals surface area contributed by atoms with Crippen LogP contribution >= 0.6 is 11.3 Å². The van der Waals surface area contributed by atoms with Crippen molar-refractivity contribution >= 4 is 22.4 Å². The van der Waals surface area contributed by atoms with Gasteiger partial charge >= 0.3 is 0 Å². The van der Waals surface area contributed by atoms with Gasteiger partial charge in [0.2, 0.25) is 5.91 Å². The van der Waals surface area contributed by atoms with Gasteiger partial charge in [-0.15, -0.1) is 11.3 Å². The molecule has 0 radical (unpaired) electrons. The molecule has 3 N–H and O–H groups in total. The van der Waals surface area contributed by atoms with Crippen LogP contribution in [0.25, 0.3) is 0 Å². The van der Waals surface area contributed by atoms with E-state index in [1.165, 1.54) is 17.7 Å². The van der Waals surface area contributed by atoms with Crippen LogP contribution in [0.4, 0.5) is 5.13 Å². The molecule has 1 aliphatic rings. The third-order valence-electron chi connectivity index (χ3n) is 4.21. The van der Waals surface area contributed by atoms with Crippen molar-refractivity contribution < 1.29 is 4.79 Å². The number of anilines is 1. The molecule has 1 aliphatic carbocycles. The Balaban J connectivity index is 1.67. The number of aryl methyl sites for hydroxylation is 2. The molecule has 1 aromatic carbocycles. The molecule has 1 amide bonds. The SMILES string of the molecule is CC(C(=O)Nc1nc2c(s1)CCCC2)C(N)c1ccccc1. The van der Waals surface area contributed by atoms with E-state index in [0.717, 1.165) is 24.1 Å². The Labute approximate surface area is 134 Å². The zero-order valence-corrected chi connectivity index (χ0v) is 13.5. The fraction of sp³-hybridized carbons (Fsp3) is 0.412. The molecule has 0 spiro atoms. The molecular weight excluding hydrogens is 294 g/mol. The highest BCUT2D eigenvalue weighted by Crippen LogP contribution is 2.30. The quantitative estimate of drug-likeness (QED) is 0.909. The van der Waals surface area contributed by atoms with Gasteiger partial charge in [0.05, 0.1) is 11.6 Å². The number of rotatable bonds is 4. The van der Waals surface area contributed by atoms with Crippen molar-refractivity contribution in [3.63, 3.8) is 0 Å². The van der Waals surface area contributed by atoms with Gasteiger partial charge in [0, 0.05) is 10.9 Å². The lowest BCUT2D eigenvalue weighted by Crippen LogP contribution is -2.30. The van der Waals surface area contributed by atoms with Crippen LogP contribution < -0.4 is 11.1 Å². The largest absolute Gasteiger partial charge is 0.323 e. The summed E-state index contributed by atoms with van der Waals surface area (Å²) in [5.74, 6) is -0.370. The summed E-state index contributed by atoms with van der Waals surface area (Å²) in [5.41, 5.74) is 8.35. The Morgan fingerprint density at radius 1 is 1.27 bits per heavy atom. The van der Waals surface area contributed by atoms with Gasteiger partial charge in [-0.1, -0.05) is 37.3 Å². The number of nitrogens with one attached hydrogen (secondary N) is 1. The molecule has 0 bridgehead atoms. The van der Waals surface area contributed by atoms with Crippen LogP contribution in [0.1, 0.15) is 41.9 Å². The van der Waals surface area contributed by atoms with Crippen LogP contribution in [-0.2, 0) is 17.6 Å². The maximum Gasteiger partial charge on any atom is 0.230 e. The molecule has 4 nitrogen and oxygen atoms in total. The molecule has 0 saturated carbocycles. The molecule has 116 valence electrons. The minimum atomic E-state index is -0.309. The summed E-state index contributed by atoms with van der Waals surface area (Å²) in [6.07, 6.45) is 4.53. The first-order chi connectivity index (χ1) is 10.6. The third-order valence-corrected chi connectivity index (χ3v) is 5.29. The van der Waals surface area contributed by atoms with Crippen molar-refractivity contribution in [3.8, 4) is 0 Å². The van der Waals surface area contributed by atoms with E-state index in [9.17, 15) is 4.79 Å². The van der Waals surface area contributed by atoms with Crippen molar-refractivity contribution in [2.75, 3.05) is 5.32 Å². The molecule has 5 heteroatoms. The van der Waals surface area contributed by atoms with Gasteiger partial charge < -0.3 is 11.1 Å². The lowest BCUT2D eigenvalue weighted by Gasteiger charge is -2.19. The van der Waals surface area contributed by atoms with Crippen molar-refractivity contribution in [1.29, 1.82) is 0 Å². The van der Waals surface area contributed by atoms with Gasteiger partial charge in [-0.2, -0.15) is 0 Å². The van der Waals surface area contributed by atoms with Crippen LogP contribution in [0.5, 0.6) is 0 Å². The molecule has 2 aromatic rings. The summed E-state index contributed by atoms with van der Waals surface area (Å²) in [6.45, 7) is 1.86. The van der Waals surface area contributed by atoms with E-state index in [4.69, 9.17) is 5.73 Å². The molecule has 0 saturated heterocycles. The highest BCUT2D eigenvalue weighted by atomic mass is 32.1. The van der Waals surface area contributed by atoms with Crippen molar-refractivity contribution in [3.05, 3.63) is 46.5 Å². The van der Waals surface area contributed by atoms with Gasteiger partial charge in [0.15, 0.2) is 5.13 Å². The summed E-state index contributed by atoms with van der Waals surface area (Å²) in [6, 6.07) is 9.42. The maximum absolute atomic E-state index is 12.4. The molecule has 0 aliphatic heterocycles. The number of thiazole rings is 1. The molecule has 1 heterocycles. The highest BCUT2D eigenvalue weighted by molar-refractivity contribution is 7.15. The Kier molecular flexibility index (Phi) is 4.55. The summed E-state index contributed by atoms with van der Waals surface area (Å²) < 4.78 is 0. The topological polar surface area (TPSA) is 68.0 Å². The van der Waals surface area contributed by atoms with Crippen molar-refractivity contribution in [2.24, 2.45) is 11.7 Å². The molecule has 2 atom stereocenters. The van der Waals surface area contributed by atoms with Crippen molar-refractivity contribution in [1.82, 2.24) is 4.98 Å². The standard InChI is InChI=1S/C17H21N3OS/c1-11(15(18)12-7-3-2-4-8-12)16(21)20-17-19-13-9-5-6-10-14(13)22-17/h2-4,7-8,11,15H,5-6,9-10,18H2,1H3,(H,19,20,21). The normalized spacial score (nSPS) is 16.6. The smallest absolute Gasteiger partial charge is 0.230 e. The van der Waals surface area contributed by atoms with Crippen LogP contribution in [0, 0.1) is 5.92 Å². The number of aromatic nitrogens is 1. The van der Waals surface area contributed by atoms with Gasteiger partial charge in [-0.05, 0) is 31.2 Å². The first-order valence-electron chi connectivity index (χ1n) is 7.75. The van der Waals surface area contributed by atoms with Crippen LogP contribution in [0.3, 0.4) is 0 Å². The number of carbonyl (C=O) groups excluding carboxylic acids is 1. The Morgan fingerprint density at radius 2 is 2.00 bits per heavy atom. The highest BCUT2D eigenvalue weighted by Gasteiger charge is 2.24. The number of fused-ring (bicyclic) bond motifs is 1. The number of amides is 1. The number of carbonyl (C=O) groups is 1. The molecule has 1 aromatic heterocycles. The average Bonchev–Trinajstić information content (AvgIpc) is 2.96. The zero-order valence-electron chi connectivity index (χ0n) is 12.7. The van der Waals surface area contributed by atoms with E-state index < -0.39 is 0 Å². The number of nitrogens with two attached hydrogens (primary N) is 1. The second-order valence-electron chi connectivity index (χ2n) is 5.81. The molecule has 2 unspecified atom stereocenters. The Bertz CT molecular complexity index is 630. The molecule has 3 rings (SSSR count). The summed E-state index contributed by atoms with van der Waals surface area (Å²) in [7, 11) is 0. The third kappa shape index (κ3) is 3.20. The van der Waals surface area contributed by atoms with Crippen LogP contribution in [-0.4, -0.2) is 10.9 Å². The minimum Gasteiger partial charge on any atom is -0.323 e. The number of nitrogens with zero attached hydrogens (tertiary/aromatic N) is 1. The van der Waals surface area contributed by atoms with E-state index in [2.05, 4.69) is 10.3 Å². The Hall–Kier alpha value is -1.72. The lowest BCUT2D eigenvalue weighted by atomic mass is 9.95. The van der Waals surface area contributed by atoms with Gasteiger partial charge in [-0.3, -0.25) is 4.79 Å². The van der Waals surface area contributed by atoms with E-state index in [1.807, 2.05) is 37.3 Å². The molecule has 22 heavy (non-hydrogen) atoms. The fourth-order valence-electron chi connectivity index (χ4n) is 2.75. The number of hydrogen-bond donors (Lipinski definition) is 2. The number of hydrogen-bond acceptors (Lipinski definition) is 4. The van der Waals surface area contributed by atoms with Gasteiger partial charge in [0.1, 0.15) is 0 Å². The summed E-state index contributed by atoms with van der Waals surface area (Å²) in [5, 5.41) is 3.65. The lowest BCUT2D eigenvalue weighted by molar-refractivity contribution is -0.120. The summed E-state index contributed by atoms with van der Waals surface area (Å²) in [4.78, 5) is 18.3. The minimum absolute atomic E-state index is 0.0672. The molecule has 0 fully saturated rings. The second kappa shape index (κ2) is 6.58. The average molecular weight is 315 g/mol. The van der Waals surface area contributed by atoms with E-state index in [1.54, 1.807) is 11.3 Å². The van der Waals surface area contributed by atoms with E-state index in [-0.39, 0.29) is 17.9 Å². The zero-order chi connectivity index (χ0) is 15.5. The first kappa shape index (κ1) is 15.2. The van der Waals surface area contributed by atoms with E-state index >= 15 is 0 Å². The second-order valence-corrected chi connectivity index (χ2v) is 6.89. The monoisotopic (exact) mass is 315 g/mol. The van der Waals surface area contributed by atoms with E-state index in [0.29, 0.717) is 5.13 Å². The van der Waals surface area contributed by atoms with Crippen LogP contribution in [0.2, 0.25) is 0 Å². The maximum atomic E-state index is 12.4. The Morgan fingerprint density at radius 3 is 2.73 bits per heavy atom. The van der Waals surface area contributed by atoms with Crippen molar-refractivity contribution in [2.45, 2.75) is 38.6 Å². The van der Waals surface area contributed by atoms with Gasteiger partial charge in [-0.25, -0.2) is 4.98 Å². The molecular formula is C17H21N3OS. The predicted molar refractivity (Wildman–Crippen MR) is 89.9 cm³/mol. The summed E-state index contributed by atoms with van der Waals surface area (Å²) >= 11 is 1.60. The predicted octanol–water partition coefficient (Wildman–Crippen LogP) is 3.30. The van der Waals surface area contributed by atoms with Gasteiger partial charge in [0.25, 0.3) is 0 Å². The fourth-order valence-corrected chi connectivity index (χ4v) is 3.80. The number of benzene rings is 1.